The highest BCUT2D eigenvalue weighted by atomic mass is 32.1. The number of esters is 1. The molecule has 1 heterocycles. The Kier molecular flexibility index (Phi) is 16.1. The molecule has 1 aromatic rings. The average Bonchev–Trinajstić information content (AvgIpc) is 3.96. The molecule has 1 aromatic heterocycles. The maximum atomic E-state index is 13.3. The molecule has 2 aliphatic carbocycles. The van der Waals surface area contributed by atoms with Crippen LogP contribution in [-0.2, 0) is 31.9 Å². The van der Waals surface area contributed by atoms with Gasteiger partial charge >= 0.3 is 5.97 Å². The fraction of sp³-hybridized carbons (Fsp3) is 0.811. The van der Waals surface area contributed by atoms with Gasteiger partial charge in [0.25, 0.3) is 0 Å². The number of nitrogens with two attached hydrogens (primary N) is 1. The number of rotatable bonds is 23. The predicted octanol–water partition coefficient (Wildman–Crippen LogP) is 6.43. The minimum atomic E-state index is -0.687. The number of carbonyl (C=O) groups excluding carboxylic acids is 2. The largest absolute Gasteiger partial charge is 0.481 e. The maximum absolute atomic E-state index is 13.3. The van der Waals surface area contributed by atoms with Crippen LogP contribution in [0.25, 0.3) is 0 Å². The van der Waals surface area contributed by atoms with Crippen LogP contribution in [0.15, 0.2) is 12.3 Å². The van der Waals surface area contributed by atoms with Crippen molar-refractivity contribution in [3.8, 4) is 5.88 Å². The summed E-state index contributed by atoms with van der Waals surface area (Å²) in [5.74, 6) is 2.34. The van der Waals surface area contributed by atoms with Gasteiger partial charge in [0.2, 0.25) is 11.8 Å². The molecule has 2 fully saturated rings. The molecule has 4 unspecified atom stereocenters. The molecule has 0 aromatic carbocycles. The fourth-order valence-electron chi connectivity index (χ4n) is 6.43. The molecule has 9 heteroatoms. The van der Waals surface area contributed by atoms with Crippen LogP contribution in [0.5, 0.6) is 5.88 Å². The van der Waals surface area contributed by atoms with Gasteiger partial charge in [-0.1, -0.05) is 34.6 Å². The number of pyridine rings is 1. The predicted molar refractivity (Wildman–Crippen MR) is 188 cm³/mol. The van der Waals surface area contributed by atoms with Crippen LogP contribution in [0.3, 0.4) is 0 Å². The lowest BCUT2D eigenvalue weighted by Crippen LogP contribution is -2.41. The van der Waals surface area contributed by atoms with E-state index in [-0.39, 0.29) is 35.7 Å². The lowest BCUT2D eigenvalue weighted by atomic mass is 9.80. The highest BCUT2D eigenvalue weighted by molar-refractivity contribution is 7.81. The molecule has 0 radical (unpaired) electrons. The lowest BCUT2D eigenvalue weighted by Gasteiger charge is -2.30. The normalized spacial score (nSPS) is 21.0. The zero-order valence-corrected chi connectivity index (χ0v) is 30.5. The van der Waals surface area contributed by atoms with E-state index in [9.17, 15) is 9.59 Å². The highest BCUT2D eigenvalue weighted by Crippen LogP contribution is 2.43. The van der Waals surface area contributed by atoms with Crippen molar-refractivity contribution in [3.05, 3.63) is 23.4 Å². The van der Waals surface area contributed by atoms with Crippen LogP contribution < -0.4 is 15.8 Å². The van der Waals surface area contributed by atoms with Crippen LogP contribution in [0, 0.1) is 41.4 Å². The third kappa shape index (κ3) is 13.0. The second kappa shape index (κ2) is 19.2. The van der Waals surface area contributed by atoms with Gasteiger partial charge in [-0.2, -0.15) is 12.6 Å². The minimum absolute atomic E-state index is 0.0253. The van der Waals surface area contributed by atoms with Gasteiger partial charge in [-0.05, 0) is 118 Å². The Labute approximate surface area is 284 Å². The van der Waals surface area contributed by atoms with Crippen LogP contribution in [-0.4, -0.2) is 61.6 Å². The summed E-state index contributed by atoms with van der Waals surface area (Å²) in [4.78, 5) is 31.1. The van der Waals surface area contributed by atoms with Gasteiger partial charge in [0.05, 0.1) is 7.11 Å². The van der Waals surface area contributed by atoms with E-state index in [2.05, 4.69) is 37.1 Å². The second-order valence-corrected chi connectivity index (χ2v) is 15.5. The van der Waals surface area contributed by atoms with Crippen molar-refractivity contribution >= 4 is 24.5 Å². The first-order chi connectivity index (χ1) is 21.9. The molecule has 8 nitrogen and oxygen atoms in total. The molecule has 46 heavy (non-hydrogen) atoms. The highest BCUT2D eigenvalue weighted by Gasteiger charge is 2.37. The number of unbranched alkanes of at least 4 members (excludes halogenated alkanes) is 1. The minimum Gasteiger partial charge on any atom is -0.481 e. The Hall–Kier alpha value is -1.84. The van der Waals surface area contributed by atoms with E-state index in [1.165, 1.54) is 24.8 Å². The molecular formula is C37H63N3O5S. The molecule has 0 spiro atoms. The van der Waals surface area contributed by atoms with E-state index in [1.54, 1.807) is 14.2 Å². The second-order valence-electron chi connectivity index (χ2n) is 14.9. The van der Waals surface area contributed by atoms with Gasteiger partial charge < -0.3 is 25.3 Å². The fourth-order valence-corrected chi connectivity index (χ4v) is 6.82. The molecular weight excluding hydrogens is 598 g/mol. The van der Waals surface area contributed by atoms with Gasteiger partial charge in [0, 0.05) is 43.2 Å². The van der Waals surface area contributed by atoms with Gasteiger partial charge in [-0.3, -0.25) is 9.59 Å². The van der Waals surface area contributed by atoms with Crippen molar-refractivity contribution in [3.63, 3.8) is 0 Å². The number of thiol groups is 1. The van der Waals surface area contributed by atoms with Crippen molar-refractivity contribution in [1.29, 1.82) is 0 Å². The van der Waals surface area contributed by atoms with E-state index in [1.807, 2.05) is 20.0 Å². The van der Waals surface area contributed by atoms with Gasteiger partial charge in [0.1, 0.15) is 12.1 Å². The zero-order valence-electron chi connectivity index (χ0n) is 29.6. The molecule has 0 saturated heterocycles. The van der Waals surface area contributed by atoms with E-state index in [0.29, 0.717) is 47.6 Å². The summed E-state index contributed by atoms with van der Waals surface area (Å²) in [5, 5.41) is 3.67. The quantitative estimate of drug-likeness (QED) is 0.0704. The SMILES string of the molecule is COCCCCc1cc(CC(CC[C@H](C[C@H](C(=O)NCC2CC2)C(C)C)OC(=O)[C@@H](N)C(C)C)C(C)CC2CC2S)cnc1OC. The van der Waals surface area contributed by atoms with Crippen molar-refractivity contribution < 1.29 is 23.8 Å². The Morgan fingerprint density at radius 1 is 1.09 bits per heavy atom. The third-order valence-electron chi connectivity index (χ3n) is 10.1. The molecule has 2 aliphatic rings. The average molecular weight is 662 g/mol. The van der Waals surface area contributed by atoms with Crippen LogP contribution in [0.4, 0.5) is 0 Å². The standard InChI is InChI=1S/C37H63N3O5S/c1-23(2)32(35(41)39-21-26-11-12-26)20-31(45-37(42)34(38)24(3)4)14-13-28(25(5)16-30-19-33(30)46)17-27-18-29(10-8-9-15-43-6)36(44-7)40-22-27/h18,22-26,28,30-34,46H,8-17,19-21,38H2,1-7H3,(H,39,41)/t25?,28?,30?,31-,32+,33?,34+/m1/s1. The summed E-state index contributed by atoms with van der Waals surface area (Å²) in [5.41, 5.74) is 8.56. The number of aryl methyl sites for hydroxylation is 1. The number of nitrogens with one attached hydrogen (secondary N) is 1. The number of hydrogen-bond acceptors (Lipinski definition) is 8. The van der Waals surface area contributed by atoms with Crippen molar-refractivity contribution in [2.75, 3.05) is 27.4 Å². The molecule has 262 valence electrons. The molecule has 7 atom stereocenters. The molecule has 3 N–H and O–H groups in total. The van der Waals surface area contributed by atoms with E-state index in [4.69, 9.17) is 32.6 Å². The van der Waals surface area contributed by atoms with Crippen molar-refractivity contribution in [1.82, 2.24) is 10.3 Å². The summed E-state index contributed by atoms with van der Waals surface area (Å²) < 4.78 is 17.0. The molecule has 0 aliphatic heterocycles. The Balaban J connectivity index is 1.78. The van der Waals surface area contributed by atoms with E-state index in [0.717, 1.165) is 57.2 Å². The first kappa shape index (κ1) is 38.6. The number of hydrogen-bond donors (Lipinski definition) is 3. The van der Waals surface area contributed by atoms with Crippen molar-refractivity contribution in [2.24, 2.45) is 47.2 Å². The van der Waals surface area contributed by atoms with Crippen LogP contribution in [0.2, 0.25) is 0 Å². The first-order valence-corrected chi connectivity index (χ1v) is 18.4. The number of carbonyl (C=O) groups is 2. The number of nitrogens with zero attached hydrogens (tertiary/aromatic N) is 1. The van der Waals surface area contributed by atoms with E-state index >= 15 is 0 Å². The Bertz CT molecular complexity index is 1080. The third-order valence-corrected chi connectivity index (χ3v) is 10.8. The van der Waals surface area contributed by atoms with Gasteiger partial charge in [-0.25, -0.2) is 4.98 Å². The summed E-state index contributed by atoms with van der Waals surface area (Å²) in [7, 11) is 3.41. The Morgan fingerprint density at radius 2 is 1.80 bits per heavy atom. The Morgan fingerprint density at radius 3 is 2.39 bits per heavy atom. The van der Waals surface area contributed by atoms with Crippen molar-refractivity contribution in [2.45, 2.75) is 123 Å². The summed E-state index contributed by atoms with van der Waals surface area (Å²) >= 11 is 4.72. The summed E-state index contributed by atoms with van der Waals surface area (Å²) in [6.45, 7) is 11.9. The topological polar surface area (TPSA) is 113 Å². The summed E-state index contributed by atoms with van der Waals surface area (Å²) in [6, 6.07) is 1.57. The van der Waals surface area contributed by atoms with Crippen LogP contribution in [0.1, 0.15) is 104 Å². The van der Waals surface area contributed by atoms with Crippen LogP contribution >= 0.6 is 12.6 Å². The molecule has 1 amide bonds. The number of ether oxygens (including phenoxy) is 3. The first-order valence-electron chi connectivity index (χ1n) is 17.9. The van der Waals surface area contributed by atoms with Gasteiger partial charge in [-0.15, -0.1) is 0 Å². The number of aromatic nitrogens is 1. The number of methoxy groups -OCH3 is 2. The lowest BCUT2D eigenvalue weighted by molar-refractivity contribution is -0.154. The zero-order chi connectivity index (χ0) is 33.8. The monoisotopic (exact) mass is 661 g/mol. The number of amides is 1. The molecule has 3 rings (SSSR count). The molecule has 2 saturated carbocycles. The van der Waals surface area contributed by atoms with Gasteiger partial charge in [0.15, 0.2) is 0 Å². The summed E-state index contributed by atoms with van der Waals surface area (Å²) in [6.07, 6.45) is 12.1. The van der Waals surface area contributed by atoms with E-state index < -0.39 is 6.04 Å². The maximum Gasteiger partial charge on any atom is 0.323 e. The smallest absolute Gasteiger partial charge is 0.323 e. The molecule has 0 bridgehead atoms.